The summed E-state index contributed by atoms with van der Waals surface area (Å²) in [6.07, 6.45) is 5.11. The number of pyridine rings is 1. The van der Waals surface area contributed by atoms with E-state index in [0.29, 0.717) is 23.5 Å². The maximum absolute atomic E-state index is 12.7. The normalized spacial score (nSPS) is 19.5. The first-order chi connectivity index (χ1) is 13.1. The molecule has 142 valence electrons. The van der Waals surface area contributed by atoms with Crippen LogP contribution in [0.5, 0.6) is 0 Å². The second-order valence-corrected chi connectivity index (χ2v) is 8.30. The molecule has 2 aromatic heterocycles. The van der Waals surface area contributed by atoms with E-state index >= 15 is 0 Å². The zero-order valence-electron chi connectivity index (χ0n) is 15.4. The predicted octanol–water partition coefficient (Wildman–Crippen LogP) is 2.29. The molecule has 2 saturated heterocycles. The van der Waals surface area contributed by atoms with Gasteiger partial charge in [-0.05, 0) is 55.3 Å². The maximum Gasteiger partial charge on any atom is 0.267 e. The average molecular weight is 385 g/mol. The summed E-state index contributed by atoms with van der Waals surface area (Å²) < 4.78 is 3.87. The van der Waals surface area contributed by atoms with E-state index in [-0.39, 0.29) is 17.2 Å². The first-order valence-corrected chi connectivity index (χ1v) is 10.1. The van der Waals surface area contributed by atoms with Gasteiger partial charge < -0.3 is 9.80 Å². The summed E-state index contributed by atoms with van der Waals surface area (Å²) >= 11 is 1.17. The number of carbonyl (C=O) groups excluding carboxylic acids is 2. The van der Waals surface area contributed by atoms with Gasteiger partial charge in [0.15, 0.2) is 0 Å². The molecule has 2 fully saturated rings. The summed E-state index contributed by atoms with van der Waals surface area (Å²) in [6, 6.07) is 5.80. The summed E-state index contributed by atoms with van der Waals surface area (Å²) in [6.45, 7) is 4.59. The molecule has 0 aromatic carbocycles. The minimum absolute atomic E-state index is 0.0366. The number of hydrogen-bond acceptors (Lipinski definition) is 6. The molecule has 0 saturated carbocycles. The van der Waals surface area contributed by atoms with Crippen molar-refractivity contribution in [1.29, 1.82) is 0 Å². The predicted molar refractivity (Wildman–Crippen MR) is 101 cm³/mol. The van der Waals surface area contributed by atoms with E-state index in [2.05, 4.69) is 14.6 Å². The van der Waals surface area contributed by atoms with Crippen LogP contribution in [0, 0.1) is 12.3 Å². The van der Waals surface area contributed by atoms with Gasteiger partial charge in [0.1, 0.15) is 4.88 Å². The Morgan fingerprint density at radius 1 is 1.26 bits per heavy atom. The van der Waals surface area contributed by atoms with E-state index in [0.717, 1.165) is 44.6 Å². The number of hydrogen-bond donors (Lipinski definition) is 0. The maximum atomic E-state index is 12.7. The number of likely N-dealkylation sites (tertiary alicyclic amines) is 2. The summed E-state index contributed by atoms with van der Waals surface area (Å²) in [5.74, 6) is 0.241. The van der Waals surface area contributed by atoms with Crippen LogP contribution in [0.4, 0.5) is 0 Å². The standard InChI is InChI=1S/C19H23N5O2S/c1-14-17(27-22-21-14)18(26)23-10-7-19(8-11-23)6-5-16(25)24(13-19)12-15-4-2-3-9-20-15/h2-4,9H,5-8,10-13H2,1H3. The minimum atomic E-state index is 0.0366. The summed E-state index contributed by atoms with van der Waals surface area (Å²) in [5.41, 5.74) is 1.74. The summed E-state index contributed by atoms with van der Waals surface area (Å²) in [4.78, 5) is 34.0. The highest BCUT2D eigenvalue weighted by molar-refractivity contribution is 7.07. The van der Waals surface area contributed by atoms with Gasteiger partial charge in [-0.3, -0.25) is 14.6 Å². The van der Waals surface area contributed by atoms with Crippen molar-refractivity contribution in [1.82, 2.24) is 24.4 Å². The minimum Gasteiger partial charge on any atom is -0.338 e. The number of rotatable bonds is 3. The molecule has 2 amide bonds. The van der Waals surface area contributed by atoms with Crippen LogP contribution in [-0.2, 0) is 11.3 Å². The molecule has 0 aliphatic carbocycles. The molecule has 8 heteroatoms. The van der Waals surface area contributed by atoms with Crippen LogP contribution in [0.25, 0.3) is 0 Å². The Kier molecular flexibility index (Phi) is 4.90. The van der Waals surface area contributed by atoms with Gasteiger partial charge in [0.2, 0.25) is 5.91 Å². The van der Waals surface area contributed by atoms with E-state index in [9.17, 15) is 9.59 Å². The van der Waals surface area contributed by atoms with Crippen molar-refractivity contribution < 1.29 is 9.59 Å². The highest BCUT2D eigenvalue weighted by Gasteiger charge is 2.42. The molecule has 2 aliphatic rings. The molecule has 0 radical (unpaired) electrons. The monoisotopic (exact) mass is 385 g/mol. The lowest BCUT2D eigenvalue weighted by molar-refractivity contribution is -0.139. The molecule has 0 bridgehead atoms. The van der Waals surface area contributed by atoms with Crippen molar-refractivity contribution in [2.75, 3.05) is 19.6 Å². The van der Waals surface area contributed by atoms with Crippen LogP contribution >= 0.6 is 11.5 Å². The van der Waals surface area contributed by atoms with Gasteiger partial charge in [0.05, 0.1) is 17.9 Å². The Labute approximate surface area is 162 Å². The lowest BCUT2D eigenvalue weighted by atomic mass is 9.72. The summed E-state index contributed by atoms with van der Waals surface area (Å²) in [5, 5.41) is 3.94. The van der Waals surface area contributed by atoms with Crippen LogP contribution in [0.2, 0.25) is 0 Å². The zero-order valence-corrected chi connectivity index (χ0v) is 16.2. The SMILES string of the molecule is Cc1nnsc1C(=O)N1CCC2(CCC(=O)N(Cc3ccccn3)C2)CC1. The van der Waals surface area contributed by atoms with E-state index in [1.165, 1.54) is 11.5 Å². The third-order valence-electron chi connectivity index (χ3n) is 5.78. The molecule has 4 rings (SSSR count). The fraction of sp³-hybridized carbons (Fsp3) is 0.526. The van der Waals surface area contributed by atoms with Gasteiger partial charge in [-0.15, -0.1) is 5.10 Å². The topological polar surface area (TPSA) is 79.3 Å². The van der Waals surface area contributed by atoms with Crippen molar-refractivity contribution in [3.8, 4) is 0 Å². The zero-order chi connectivity index (χ0) is 18.9. The fourth-order valence-electron chi connectivity index (χ4n) is 4.10. The molecule has 0 atom stereocenters. The molecule has 2 aromatic rings. The molecular weight excluding hydrogens is 362 g/mol. The van der Waals surface area contributed by atoms with Gasteiger partial charge in [-0.2, -0.15) is 0 Å². The molecule has 7 nitrogen and oxygen atoms in total. The molecule has 1 spiro atoms. The second kappa shape index (κ2) is 7.34. The number of aromatic nitrogens is 3. The van der Waals surface area contributed by atoms with Crippen LogP contribution in [-0.4, -0.2) is 55.8 Å². The van der Waals surface area contributed by atoms with Gasteiger partial charge >= 0.3 is 0 Å². The highest BCUT2D eigenvalue weighted by Crippen LogP contribution is 2.41. The average Bonchev–Trinajstić information content (AvgIpc) is 3.12. The molecule has 2 aliphatic heterocycles. The van der Waals surface area contributed by atoms with Crippen LogP contribution in [0.1, 0.15) is 46.7 Å². The number of nitrogens with zero attached hydrogens (tertiary/aromatic N) is 5. The Balaban J connectivity index is 1.40. The third kappa shape index (κ3) is 3.71. The molecule has 0 N–H and O–H groups in total. The van der Waals surface area contributed by atoms with Gasteiger partial charge in [-0.25, -0.2) is 0 Å². The van der Waals surface area contributed by atoms with Crippen molar-refractivity contribution >= 4 is 23.3 Å². The fourth-order valence-corrected chi connectivity index (χ4v) is 4.72. The number of aryl methyl sites for hydroxylation is 1. The Morgan fingerprint density at radius 3 is 2.74 bits per heavy atom. The number of piperidine rings is 2. The summed E-state index contributed by atoms with van der Waals surface area (Å²) in [7, 11) is 0. The van der Waals surface area contributed by atoms with Gasteiger partial charge in [-0.1, -0.05) is 10.6 Å². The van der Waals surface area contributed by atoms with E-state index in [1.807, 2.05) is 34.9 Å². The number of carbonyl (C=O) groups is 2. The van der Waals surface area contributed by atoms with Crippen molar-refractivity contribution in [2.24, 2.45) is 5.41 Å². The lowest BCUT2D eigenvalue weighted by Gasteiger charge is -2.47. The second-order valence-electron chi connectivity index (χ2n) is 7.55. The molecule has 27 heavy (non-hydrogen) atoms. The van der Waals surface area contributed by atoms with Gasteiger partial charge in [0, 0.05) is 32.3 Å². The van der Waals surface area contributed by atoms with E-state index < -0.39 is 0 Å². The van der Waals surface area contributed by atoms with Crippen molar-refractivity contribution in [3.05, 3.63) is 40.7 Å². The quantitative estimate of drug-likeness (QED) is 0.810. The first kappa shape index (κ1) is 18.0. The van der Waals surface area contributed by atoms with Gasteiger partial charge in [0.25, 0.3) is 5.91 Å². The van der Waals surface area contributed by atoms with Crippen LogP contribution in [0.3, 0.4) is 0 Å². The Bertz CT molecular complexity index is 830. The van der Waals surface area contributed by atoms with E-state index in [1.54, 1.807) is 6.20 Å². The number of amides is 2. The smallest absolute Gasteiger partial charge is 0.267 e. The van der Waals surface area contributed by atoms with Crippen LogP contribution < -0.4 is 0 Å². The largest absolute Gasteiger partial charge is 0.338 e. The molecule has 4 heterocycles. The van der Waals surface area contributed by atoms with Crippen molar-refractivity contribution in [3.63, 3.8) is 0 Å². The third-order valence-corrected chi connectivity index (χ3v) is 6.60. The lowest BCUT2D eigenvalue weighted by Crippen LogP contribution is -2.52. The highest BCUT2D eigenvalue weighted by atomic mass is 32.1. The van der Waals surface area contributed by atoms with Crippen LogP contribution in [0.15, 0.2) is 24.4 Å². The Morgan fingerprint density at radius 2 is 2.07 bits per heavy atom. The first-order valence-electron chi connectivity index (χ1n) is 9.32. The molecule has 0 unspecified atom stereocenters. The van der Waals surface area contributed by atoms with Crippen molar-refractivity contribution in [2.45, 2.75) is 39.2 Å². The molecular formula is C19H23N5O2S. The van der Waals surface area contributed by atoms with E-state index in [4.69, 9.17) is 0 Å². The Hall–Kier alpha value is -2.35.